The van der Waals surface area contributed by atoms with Crippen LogP contribution in [0.25, 0.3) is 0 Å². The topological polar surface area (TPSA) is 83.5 Å². The van der Waals surface area contributed by atoms with Crippen molar-refractivity contribution in [2.45, 2.75) is 85.1 Å². The van der Waals surface area contributed by atoms with Crippen molar-refractivity contribution in [3.05, 3.63) is 69.8 Å². The predicted molar refractivity (Wildman–Crippen MR) is 130 cm³/mol. The fraction of sp³-hybridized carbons (Fsp3) is 0.500. The van der Waals surface area contributed by atoms with Crippen molar-refractivity contribution in [3.63, 3.8) is 0 Å². The van der Waals surface area contributed by atoms with Gasteiger partial charge >= 0.3 is 10.3 Å². The molecule has 2 aromatic rings. The summed E-state index contributed by atoms with van der Waals surface area (Å²) < 4.78 is 35.8. The van der Waals surface area contributed by atoms with Gasteiger partial charge in [-0.3, -0.25) is 9.35 Å². The van der Waals surface area contributed by atoms with Crippen LogP contribution in [0, 0.1) is 6.07 Å². The zero-order chi connectivity index (χ0) is 24.1. The number of Topliss-reactive ketones (excluding diaryl/α,β-unsaturated/α-hetero) is 1. The highest BCUT2D eigenvalue weighted by molar-refractivity contribution is 7.83. The zero-order valence-electron chi connectivity index (χ0n) is 20.0. The first-order valence-corrected chi connectivity index (χ1v) is 12.9. The highest BCUT2D eigenvalue weighted by Gasteiger charge is 2.31. The van der Waals surface area contributed by atoms with Gasteiger partial charge in [-0.15, -0.1) is 0 Å². The lowest BCUT2D eigenvalue weighted by molar-refractivity contribution is 0.0950. The Labute approximate surface area is 193 Å². The van der Waals surface area contributed by atoms with E-state index in [1.54, 1.807) is 12.1 Å². The van der Waals surface area contributed by atoms with E-state index in [1.165, 1.54) is 0 Å². The predicted octanol–water partition coefficient (Wildman–Crippen LogP) is 5.95. The molecule has 0 saturated carbocycles. The summed E-state index contributed by atoms with van der Waals surface area (Å²) >= 11 is 0. The third-order valence-corrected chi connectivity index (χ3v) is 6.07. The quantitative estimate of drug-likeness (QED) is 0.322. The van der Waals surface area contributed by atoms with Crippen molar-refractivity contribution in [3.8, 4) is 0 Å². The van der Waals surface area contributed by atoms with Crippen molar-refractivity contribution in [1.82, 2.24) is 4.72 Å². The Kier molecular flexibility index (Phi) is 9.19. The van der Waals surface area contributed by atoms with Gasteiger partial charge in [0.05, 0.1) is 0 Å². The van der Waals surface area contributed by atoms with Crippen molar-refractivity contribution in [1.29, 1.82) is 0 Å². The molecule has 0 spiro atoms. The summed E-state index contributed by atoms with van der Waals surface area (Å²) in [5, 5.41) is 0. The Morgan fingerprint density at radius 3 is 1.81 bits per heavy atom. The summed E-state index contributed by atoms with van der Waals surface area (Å²) in [5.41, 5.74) is 4.71. The number of benzene rings is 2. The van der Waals surface area contributed by atoms with Crippen molar-refractivity contribution >= 4 is 16.1 Å². The molecule has 1 radical (unpaired) electrons. The van der Waals surface area contributed by atoms with Gasteiger partial charge in [-0.25, -0.2) is 0 Å². The number of hydrogen-bond acceptors (Lipinski definition) is 3. The van der Waals surface area contributed by atoms with Crippen LogP contribution in [0.2, 0.25) is 0 Å². The average Bonchev–Trinajstić information content (AvgIpc) is 2.70. The van der Waals surface area contributed by atoms with Crippen LogP contribution in [0.1, 0.15) is 110 Å². The number of aryl methyl sites for hydroxylation is 2. The van der Waals surface area contributed by atoms with Gasteiger partial charge < -0.3 is 0 Å². The third kappa shape index (κ3) is 6.74. The largest absolute Gasteiger partial charge is 0.334 e. The fourth-order valence-corrected chi connectivity index (χ4v) is 4.67. The summed E-state index contributed by atoms with van der Waals surface area (Å²) in [7, 11) is -4.63. The van der Waals surface area contributed by atoms with E-state index in [4.69, 9.17) is 0 Å². The molecule has 1 unspecified atom stereocenters. The molecule has 2 N–H and O–H groups in total. The molecule has 0 amide bonds. The van der Waals surface area contributed by atoms with Crippen LogP contribution >= 0.6 is 0 Å². The first-order chi connectivity index (χ1) is 15.0. The smallest absolute Gasteiger partial charge is 0.292 e. The van der Waals surface area contributed by atoms with Gasteiger partial charge in [0.1, 0.15) is 6.04 Å². The average molecular weight is 459 g/mol. The first-order valence-electron chi connectivity index (χ1n) is 11.4. The number of rotatable bonds is 11. The number of carbonyl (C=O) groups is 1. The van der Waals surface area contributed by atoms with E-state index >= 15 is 0 Å². The van der Waals surface area contributed by atoms with E-state index in [1.807, 2.05) is 45.9 Å². The van der Waals surface area contributed by atoms with E-state index in [0.29, 0.717) is 11.1 Å². The lowest BCUT2D eigenvalue weighted by Crippen LogP contribution is -2.35. The van der Waals surface area contributed by atoms with Crippen LogP contribution < -0.4 is 4.72 Å². The molecule has 0 aliphatic heterocycles. The Bertz CT molecular complexity index is 991. The molecule has 0 aromatic heterocycles. The number of nitrogens with one attached hydrogen (secondary N) is 1. The first kappa shape index (κ1) is 26.2. The molecule has 0 saturated heterocycles. The van der Waals surface area contributed by atoms with E-state index < -0.39 is 16.3 Å². The number of hydrogen-bond donors (Lipinski definition) is 2. The lowest BCUT2D eigenvalue weighted by atomic mass is 9.82. The summed E-state index contributed by atoms with van der Waals surface area (Å²) in [4.78, 5) is 13.8. The molecule has 0 bridgehead atoms. The highest BCUT2D eigenvalue weighted by atomic mass is 32.2. The normalized spacial score (nSPS) is 13.0. The Hall–Kier alpha value is -2.02. The minimum absolute atomic E-state index is 0.0672. The van der Waals surface area contributed by atoms with Crippen molar-refractivity contribution in [2.75, 3.05) is 0 Å². The van der Waals surface area contributed by atoms with Crippen molar-refractivity contribution < 1.29 is 17.8 Å². The Morgan fingerprint density at radius 1 is 0.969 bits per heavy atom. The van der Waals surface area contributed by atoms with Gasteiger partial charge in [0.15, 0.2) is 5.78 Å². The second kappa shape index (κ2) is 11.2. The molecule has 1 atom stereocenters. The van der Waals surface area contributed by atoms with E-state index in [-0.39, 0.29) is 17.6 Å². The zero-order valence-corrected chi connectivity index (χ0v) is 20.8. The molecule has 2 aromatic carbocycles. The SMILES string of the molecule is CCCc1[c]c(CCC)cc(C(=O)C(NS(=O)(=O)O)c2c(C(C)C)cccc2C(C)C)c1. The lowest BCUT2D eigenvalue weighted by Gasteiger charge is -2.26. The highest BCUT2D eigenvalue weighted by Crippen LogP contribution is 2.34. The van der Waals surface area contributed by atoms with Gasteiger partial charge in [0, 0.05) is 5.56 Å². The fourth-order valence-electron chi connectivity index (χ4n) is 4.15. The molecule has 2 rings (SSSR count). The Morgan fingerprint density at radius 2 is 1.44 bits per heavy atom. The molecule has 5 nitrogen and oxygen atoms in total. The monoisotopic (exact) mass is 458 g/mol. The van der Waals surface area contributed by atoms with Gasteiger partial charge in [-0.05, 0) is 70.7 Å². The summed E-state index contributed by atoms with van der Waals surface area (Å²) in [6.45, 7) is 12.2. The Balaban J connectivity index is 2.75. The molecule has 6 heteroatoms. The second-order valence-electron chi connectivity index (χ2n) is 8.97. The van der Waals surface area contributed by atoms with Gasteiger partial charge in [0.2, 0.25) is 0 Å². The maximum atomic E-state index is 13.8. The van der Waals surface area contributed by atoms with Crippen LogP contribution in [0.5, 0.6) is 0 Å². The van der Waals surface area contributed by atoms with Crippen LogP contribution in [-0.4, -0.2) is 18.8 Å². The summed E-state index contributed by atoms with van der Waals surface area (Å²) in [5.74, 6) is -0.239. The number of ketones is 1. The van der Waals surface area contributed by atoms with Crippen LogP contribution in [0.15, 0.2) is 30.3 Å². The number of carbonyl (C=O) groups excluding carboxylic acids is 1. The van der Waals surface area contributed by atoms with Gasteiger partial charge in [0.25, 0.3) is 0 Å². The molecular weight excluding hydrogens is 422 g/mol. The molecule has 175 valence electrons. The minimum Gasteiger partial charge on any atom is -0.292 e. The van der Waals surface area contributed by atoms with E-state index in [9.17, 15) is 17.8 Å². The molecule has 0 aliphatic carbocycles. The second-order valence-corrected chi connectivity index (χ2v) is 10.2. The standard InChI is InChI=1S/C26H36NO4S/c1-7-10-19-14-20(11-8-2)16-21(15-19)26(28)25(27-32(29,30)31)24-22(17(3)4)12-9-13-23(24)18(5)6/h9,12-13,15-18,25,27H,7-8,10-11H2,1-6H3,(H,29,30,31). The molecular formula is C26H36NO4S. The molecule has 0 fully saturated rings. The summed E-state index contributed by atoms with van der Waals surface area (Å²) in [6, 6.07) is 11.5. The molecule has 0 heterocycles. The maximum Gasteiger partial charge on any atom is 0.334 e. The molecule has 32 heavy (non-hydrogen) atoms. The van der Waals surface area contributed by atoms with Gasteiger partial charge in [-0.2, -0.15) is 13.1 Å². The third-order valence-electron chi connectivity index (χ3n) is 5.54. The minimum atomic E-state index is -4.63. The van der Waals surface area contributed by atoms with Crippen LogP contribution in [-0.2, 0) is 23.1 Å². The van der Waals surface area contributed by atoms with Crippen LogP contribution in [0.4, 0.5) is 0 Å². The van der Waals surface area contributed by atoms with Crippen molar-refractivity contribution in [2.24, 2.45) is 0 Å². The van der Waals surface area contributed by atoms with E-state index in [0.717, 1.165) is 47.9 Å². The van der Waals surface area contributed by atoms with Crippen LogP contribution in [0.3, 0.4) is 0 Å². The maximum absolute atomic E-state index is 13.8. The van der Waals surface area contributed by atoms with E-state index in [2.05, 4.69) is 24.6 Å². The van der Waals surface area contributed by atoms with Gasteiger partial charge in [-0.1, -0.05) is 72.6 Å². The summed E-state index contributed by atoms with van der Waals surface area (Å²) in [6.07, 6.45) is 3.41. The molecule has 0 aliphatic rings.